The minimum atomic E-state index is 0.140. The number of likely N-dealkylation sites (tertiary alicyclic amines) is 1. The van der Waals surface area contributed by atoms with Crippen molar-refractivity contribution in [2.24, 2.45) is 5.41 Å². The highest BCUT2D eigenvalue weighted by atomic mass is 16.5. The molecule has 4 nitrogen and oxygen atoms in total. The van der Waals surface area contributed by atoms with Crippen molar-refractivity contribution < 1.29 is 9.53 Å². The molecule has 0 radical (unpaired) electrons. The Bertz CT molecular complexity index is 538. The predicted octanol–water partition coefficient (Wildman–Crippen LogP) is 2.75. The van der Waals surface area contributed by atoms with Gasteiger partial charge in [0, 0.05) is 38.5 Å². The van der Waals surface area contributed by atoms with E-state index in [0.717, 1.165) is 52.4 Å². The van der Waals surface area contributed by atoms with Crippen molar-refractivity contribution in [2.45, 2.75) is 32.6 Å². The van der Waals surface area contributed by atoms with Crippen LogP contribution in [0.1, 0.15) is 38.2 Å². The summed E-state index contributed by atoms with van der Waals surface area (Å²) in [5, 5.41) is 0. The molecule has 1 atom stereocenters. The zero-order valence-corrected chi connectivity index (χ0v) is 15.0. The first-order chi connectivity index (χ1) is 11.6. The van der Waals surface area contributed by atoms with Crippen molar-refractivity contribution in [3.05, 3.63) is 35.9 Å². The van der Waals surface area contributed by atoms with E-state index in [9.17, 15) is 4.79 Å². The first-order valence-electron chi connectivity index (χ1n) is 9.19. The maximum absolute atomic E-state index is 12.6. The number of benzene rings is 1. The van der Waals surface area contributed by atoms with Crippen LogP contribution >= 0.6 is 0 Å². The van der Waals surface area contributed by atoms with E-state index in [1.807, 2.05) is 0 Å². The van der Waals surface area contributed by atoms with Gasteiger partial charge in [0.15, 0.2) is 0 Å². The van der Waals surface area contributed by atoms with E-state index in [1.165, 1.54) is 5.56 Å². The zero-order chi connectivity index (χ0) is 17.0. The molecule has 2 fully saturated rings. The first kappa shape index (κ1) is 17.4. The van der Waals surface area contributed by atoms with Crippen molar-refractivity contribution in [3.8, 4) is 0 Å². The molecule has 1 aromatic carbocycles. The SMILES string of the molecule is CC1(C)CN(C(=O)CCCN2CCOCC2)C[C@H]1c1ccccc1. The van der Waals surface area contributed by atoms with E-state index < -0.39 is 0 Å². The molecule has 0 unspecified atom stereocenters. The maximum atomic E-state index is 12.6. The van der Waals surface area contributed by atoms with Gasteiger partial charge in [0.25, 0.3) is 0 Å². The van der Waals surface area contributed by atoms with Gasteiger partial charge in [0.2, 0.25) is 5.91 Å². The highest BCUT2D eigenvalue weighted by Gasteiger charge is 2.41. The Hall–Kier alpha value is -1.39. The van der Waals surface area contributed by atoms with Gasteiger partial charge in [-0.3, -0.25) is 9.69 Å². The summed E-state index contributed by atoms with van der Waals surface area (Å²) in [5.41, 5.74) is 1.49. The largest absolute Gasteiger partial charge is 0.379 e. The van der Waals surface area contributed by atoms with Crippen LogP contribution in [-0.4, -0.2) is 61.6 Å². The van der Waals surface area contributed by atoms with Crippen LogP contribution < -0.4 is 0 Å². The second-order valence-electron chi connectivity index (χ2n) is 7.78. The molecule has 0 N–H and O–H groups in total. The van der Waals surface area contributed by atoms with Crippen LogP contribution in [0.2, 0.25) is 0 Å². The second-order valence-corrected chi connectivity index (χ2v) is 7.78. The third-order valence-electron chi connectivity index (χ3n) is 5.47. The molecule has 0 saturated carbocycles. The van der Waals surface area contributed by atoms with Gasteiger partial charge in [0.05, 0.1) is 13.2 Å². The third-order valence-corrected chi connectivity index (χ3v) is 5.47. The summed E-state index contributed by atoms with van der Waals surface area (Å²) < 4.78 is 5.37. The lowest BCUT2D eigenvalue weighted by molar-refractivity contribution is -0.130. The Morgan fingerprint density at radius 3 is 2.62 bits per heavy atom. The van der Waals surface area contributed by atoms with Crippen molar-refractivity contribution in [1.29, 1.82) is 0 Å². The predicted molar refractivity (Wildman–Crippen MR) is 96.0 cm³/mol. The van der Waals surface area contributed by atoms with Crippen LogP contribution in [-0.2, 0) is 9.53 Å². The number of hydrogen-bond acceptors (Lipinski definition) is 3. The van der Waals surface area contributed by atoms with Gasteiger partial charge in [0.1, 0.15) is 0 Å². The van der Waals surface area contributed by atoms with Crippen LogP contribution in [0, 0.1) is 5.41 Å². The molecule has 0 aliphatic carbocycles. The van der Waals surface area contributed by atoms with Crippen LogP contribution in [0.3, 0.4) is 0 Å². The molecule has 0 bridgehead atoms. The highest BCUT2D eigenvalue weighted by Crippen LogP contribution is 2.42. The smallest absolute Gasteiger partial charge is 0.222 e. The molecule has 2 aliphatic heterocycles. The Morgan fingerprint density at radius 2 is 1.92 bits per heavy atom. The topological polar surface area (TPSA) is 32.8 Å². The fourth-order valence-corrected chi connectivity index (χ4v) is 4.00. The molecule has 0 aromatic heterocycles. The normalized spacial score (nSPS) is 24.2. The van der Waals surface area contributed by atoms with Crippen LogP contribution in [0.4, 0.5) is 0 Å². The molecular weight excluding hydrogens is 300 g/mol. The lowest BCUT2D eigenvalue weighted by Gasteiger charge is -2.26. The van der Waals surface area contributed by atoms with E-state index >= 15 is 0 Å². The summed E-state index contributed by atoms with van der Waals surface area (Å²) in [4.78, 5) is 17.1. The summed E-state index contributed by atoms with van der Waals surface area (Å²) in [6.45, 7) is 10.9. The number of carbonyl (C=O) groups is 1. The quantitative estimate of drug-likeness (QED) is 0.832. The molecule has 132 valence electrons. The maximum Gasteiger partial charge on any atom is 0.222 e. The Morgan fingerprint density at radius 1 is 1.21 bits per heavy atom. The molecule has 3 rings (SSSR count). The van der Waals surface area contributed by atoms with E-state index in [2.05, 4.69) is 54.0 Å². The summed E-state index contributed by atoms with van der Waals surface area (Å²) in [7, 11) is 0. The monoisotopic (exact) mass is 330 g/mol. The van der Waals surface area contributed by atoms with Gasteiger partial charge in [-0.25, -0.2) is 0 Å². The number of nitrogens with zero attached hydrogens (tertiary/aromatic N) is 2. The fourth-order valence-electron chi connectivity index (χ4n) is 4.00. The lowest BCUT2D eigenvalue weighted by atomic mass is 9.78. The lowest BCUT2D eigenvalue weighted by Crippen LogP contribution is -2.37. The summed E-state index contributed by atoms with van der Waals surface area (Å²) in [5.74, 6) is 0.747. The Kier molecular flexibility index (Phi) is 5.57. The van der Waals surface area contributed by atoms with E-state index in [4.69, 9.17) is 4.74 Å². The van der Waals surface area contributed by atoms with Crippen molar-refractivity contribution >= 4 is 5.91 Å². The minimum absolute atomic E-state index is 0.140. The number of ether oxygens (including phenoxy) is 1. The number of carbonyl (C=O) groups excluding carboxylic acids is 1. The summed E-state index contributed by atoms with van der Waals surface area (Å²) in [6.07, 6.45) is 1.61. The van der Waals surface area contributed by atoms with E-state index in [0.29, 0.717) is 18.2 Å². The van der Waals surface area contributed by atoms with Crippen molar-refractivity contribution in [2.75, 3.05) is 45.9 Å². The van der Waals surface area contributed by atoms with Gasteiger partial charge in [-0.15, -0.1) is 0 Å². The van der Waals surface area contributed by atoms with Crippen LogP contribution in [0.25, 0.3) is 0 Å². The molecule has 4 heteroatoms. The zero-order valence-electron chi connectivity index (χ0n) is 15.0. The number of rotatable bonds is 5. The minimum Gasteiger partial charge on any atom is -0.379 e. The number of morpholine rings is 1. The molecule has 2 heterocycles. The standard InChI is InChI=1S/C20H30N2O2/c1-20(2)16-22(15-18(20)17-7-4-3-5-8-17)19(23)9-6-10-21-11-13-24-14-12-21/h3-5,7-8,18H,6,9-16H2,1-2H3/t18-/m0/s1. The van der Waals surface area contributed by atoms with Crippen molar-refractivity contribution in [1.82, 2.24) is 9.80 Å². The Balaban J connectivity index is 1.51. The fraction of sp³-hybridized carbons (Fsp3) is 0.650. The summed E-state index contributed by atoms with van der Waals surface area (Å²) >= 11 is 0. The average Bonchev–Trinajstić information content (AvgIpc) is 2.92. The van der Waals surface area contributed by atoms with Gasteiger partial charge in [-0.05, 0) is 23.9 Å². The highest BCUT2D eigenvalue weighted by molar-refractivity contribution is 5.76. The third kappa shape index (κ3) is 4.17. The average molecular weight is 330 g/mol. The van der Waals surface area contributed by atoms with Crippen LogP contribution in [0.5, 0.6) is 0 Å². The van der Waals surface area contributed by atoms with Gasteiger partial charge >= 0.3 is 0 Å². The summed E-state index contributed by atoms with van der Waals surface area (Å²) in [6, 6.07) is 10.6. The Labute approximate surface area is 145 Å². The van der Waals surface area contributed by atoms with E-state index in [-0.39, 0.29) is 5.41 Å². The molecule has 2 saturated heterocycles. The molecular formula is C20H30N2O2. The number of hydrogen-bond donors (Lipinski definition) is 0. The molecule has 2 aliphatic rings. The van der Waals surface area contributed by atoms with Gasteiger partial charge < -0.3 is 9.64 Å². The van der Waals surface area contributed by atoms with Gasteiger partial charge in [-0.1, -0.05) is 44.2 Å². The molecule has 24 heavy (non-hydrogen) atoms. The molecule has 1 aromatic rings. The van der Waals surface area contributed by atoms with Gasteiger partial charge in [-0.2, -0.15) is 0 Å². The molecule has 1 amide bonds. The first-order valence-corrected chi connectivity index (χ1v) is 9.19. The van der Waals surface area contributed by atoms with E-state index in [1.54, 1.807) is 0 Å². The number of amides is 1. The molecule has 0 spiro atoms. The van der Waals surface area contributed by atoms with Crippen molar-refractivity contribution in [3.63, 3.8) is 0 Å². The van der Waals surface area contributed by atoms with Crippen LogP contribution in [0.15, 0.2) is 30.3 Å². The second kappa shape index (κ2) is 7.66.